The third-order valence-electron chi connectivity index (χ3n) is 3.10. The van der Waals surface area contributed by atoms with Gasteiger partial charge in [-0.05, 0) is 38.8 Å². The van der Waals surface area contributed by atoms with E-state index in [1.807, 2.05) is 45.4 Å². The molecule has 0 unspecified atom stereocenters. The molecule has 0 saturated carbocycles. The second-order valence-corrected chi connectivity index (χ2v) is 5.31. The van der Waals surface area contributed by atoms with Crippen LogP contribution in [0, 0.1) is 0 Å². The lowest BCUT2D eigenvalue weighted by atomic mass is 10.2. The van der Waals surface area contributed by atoms with E-state index in [0.29, 0.717) is 13.0 Å². The summed E-state index contributed by atoms with van der Waals surface area (Å²) in [5, 5.41) is 2.91. The number of benzene rings is 1. The highest BCUT2D eigenvalue weighted by Crippen LogP contribution is 2.10. The first-order valence-corrected chi connectivity index (χ1v) is 6.93. The van der Waals surface area contributed by atoms with E-state index in [4.69, 9.17) is 5.73 Å². The molecule has 0 heterocycles. The molecule has 0 aliphatic carbocycles. The van der Waals surface area contributed by atoms with Crippen molar-refractivity contribution in [3.8, 4) is 0 Å². The number of nitrogens with zero attached hydrogens (tertiary/aromatic N) is 2. The second kappa shape index (κ2) is 8.68. The molecule has 3 N–H and O–H groups in total. The normalized spacial score (nSPS) is 11.1. The lowest BCUT2D eigenvalue weighted by Gasteiger charge is -2.18. The third kappa shape index (κ3) is 6.65. The average Bonchev–Trinajstić information content (AvgIpc) is 2.43. The van der Waals surface area contributed by atoms with Gasteiger partial charge in [-0.3, -0.25) is 4.79 Å². The van der Waals surface area contributed by atoms with E-state index in [9.17, 15) is 4.79 Å². The van der Waals surface area contributed by atoms with E-state index in [-0.39, 0.29) is 5.91 Å². The van der Waals surface area contributed by atoms with E-state index in [2.05, 4.69) is 15.1 Å². The number of nitrogens with two attached hydrogens (primary N) is 1. The number of hydrogen-bond acceptors (Lipinski definition) is 4. The van der Waals surface area contributed by atoms with E-state index in [1.165, 1.54) is 0 Å². The van der Waals surface area contributed by atoms with Crippen LogP contribution in [0.4, 0.5) is 5.69 Å². The van der Waals surface area contributed by atoms with Crippen LogP contribution in [0.15, 0.2) is 24.3 Å². The maximum absolute atomic E-state index is 11.9. The third-order valence-corrected chi connectivity index (χ3v) is 3.10. The highest BCUT2D eigenvalue weighted by atomic mass is 16.1. The van der Waals surface area contributed by atoms with Gasteiger partial charge in [0.25, 0.3) is 0 Å². The van der Waals surface area contributed by atoms with E-state index >= 15 is 0 Å². The van der Waals surface area contributed by atoms with E-state index in [0.717, 1.165) is 30.9 Å². The predicted octanol–water partition coefficient (Wildman–Crippen LogP) is 0.967. The topological polar surface area (TPSA) is 61.6 Å². The number of carbonyl (C=O) groups is 1. The Morgan fingerprint density at radius 1 is 1.20 bits per heavy atom. The van der Waals surface area contributed by atoms with Crippen LogP contribution in [-0.4, -0.2) is 56.5 Å². The maximum atomic E-state index is 11.9. The van der Waals surface area contributed by atoms with Crippen molar-refractivity contribution in [2.75, 3.05) is 46.1 Å². The van der Waals surface area contributed by atoms with Crippen LogP contribution in [0.5, 0.6) is 0 Å². The van der Waals surface area contributed by atoms with Gasteiger partial charge >= 0.3 is 0 Å². The van der Waals surface area contributed by atoms with Crippen LogP contribution in [0.2, 0.25) is 0 Å². The standard InChI is InChI=1S/C15H26N4O/c1-18(2)9-10-19(3)8-7-15(20)17-14-6-4-5-13(11-14)12-16/h4-6,11H,7-10,12,16H2,1-3H3,(H,17,20). The van der Waals surface area contributed by atoms with Gasteiger partial charge in [0, 0.05) is 38.3 Å². The Morgan fingerprint density at radius 2 is 1.95 bits per heavy atom. The van der Waals surface area contributed by atoms with Gasteiger partial charge in [-0.15, -0.1) is 0 Å². The molecule has 0 atom stereocenters. The number of carbonyl (C=O) groups excluding carboxylic acids is 1. The quantitative estimate of drug-likeness (QED) is 0.744. The zero-order chi connectivity index (χ0) is 15.0. The first kappa shape index (κ1) is 16.6. The van der Waals surface area contributed by atoms with E-state index in [1.54, 1.807) is 0 Å². The molecule has 1 aromatic rings. The van der Waals surface area contributed by atoms with Gasteiger partial charge in [0.05, 0.1) is 0 Å². The molecule has 0 aliphatic rings. The van der Waals surface area contributed by atoms with Crippen molar-refractivity contribution in [1.29, 1.82) is 0 Å². The molecule has 1 rings (SSSR count). The molecule has 0 spiro atoms. The van der Waals surface area contributed by atoms with Gasteiger partial charge in [0.15, 0.2) is 0 Å². The first-order chi connectivity index (χ1) is 9.51. The highest BCUT2D eigenvalue weighted by molar-refractivity contribution is 5.90. The molecular formula is C15H26N4O. The van der Waals surface area contributed by atoms with Gasteiger partial charge in [0.2, 0.25) is 5.91 Å². The fourth-order valence-corrected chi connectivity index (χ4v) is 1.77. The molecule has 112 valence electrons. The number of amides is 1. The molecule has 0 fully saturated rings. The van der Waals surface area contributed by atoms with Crippen LogP contribution < -0.4 is 11.1 Å². The summed E-state index contributed by atoms with van der Waals surface area (Å²) < 4.78 is 0. The minimum atomic E-state index is 0.0378. The summed E-state index contributed by atoms with van der Waals surface area (Å²) in [5.41, 5.74) is 7.42. The van der Waals surface area contributed by atoms with Gasteiger partial charge < -0.3 is 20.9 Å². The maximum Gasteiger partial charge on any atom is 0.225 e. The predicted molar refractivity (Wildman–Crippen MR) is 83.6 cm³/mol. The zero-order valence-electron chi connectivity index (χ0n) is 12.7. The smallest absolute Gasteiger partial charge is 0.225 e. The van der Waals surface area contributed by atoms with Crippen LogP contribution >= 0.6 is 0 Å². The molecule has 0 aliphatic heterocycles. The van der Waals surface area contributed by atoms with Crippen molar-refractivity contribution in [1.82, 2.24) is 9.80 Å². The van der Waals surface area contributed by atoms with Crippen molar-refractivity contribution in [3.63, 3.8) is 0 Å². The highest BCUT2D eigenvalue weighted by Gasteiger charge is 2.05. The molecule has 0 bridgehead atoms. The number of rotatable bonds is 8. The Kier molecular flexibility index (Phi) is 7.22. The average molecular weight is 278 g/mol. The van der Waals surface area contributed by atoms with Crippen LogP contribution in [-0.2, 0) is 11.3 Å². The van der Waals surface area contributed by atoms with Gasteiger partial charge in [-0.2, -0.15) is 0 Å². The summed E-state index contributed by atoms with van der Waals surface area (Å²) in [6, 6.07) is 7.65. The van der Waals surface area contributed by atoms with Crippen molar-refractivity contribution in [3.05, 3.63) is 29.8 Å². The Morgan fingerprint density at radius 3 is 2.60 bits per heavy atom. The molecule has 0 aromatic heterocycles. The number of hydrogen-bond donors (Lipinski definition) is 2. The van der Waals surface area contributed by atoms with Crippen molar-refractivity contribution >= 4 is 11.6 Å². The summed E-state index contributed by atoms with van der Waals surface area (Å²) in [4.78, 5) is 16.2. The largest absolute Gasteiger partial charge is 0.326 e. The number of likely N-dealkylation sites (N-methyl/N-ethyl adjacent to an activating group) is 2. The molecule has 5 heteroatoms. The monoisotopic (exact) mass is 278 g/mol. The summed E-state index contributed by atoms with van der Waals surface area (Å²) in [6.07, 6.45) is 0.497. The SMILES string of the molecule is CN(C)CCN(C)CCC(=O)Nc1cccc(CN)c1. The van der Waals surface area contributed by atoms with E-state index < -0.39 is 0 Å². The lowest BCUT2D eigenvalue weighted by molar-refractivity contribution is -0.116. The molecule has 0 radical (unpaired) electrons. The molecular weight excluding hydrogens is 252 g/mol. The minimum absolute atomic E-state index is 0.0378. The summed E-state index contributed by atoms with van der Waals surface area (Å²) in [5.74, 6) is 0.0378. The van der Waals surface area contributed by atoms with Crippen molar-refractivity contribution in [2.45, 2.75) is 13.0 Å². The van der Waals surface area contributed by atoms with Crippen molar-refractivity contribution < 1.29 is 4.79 Å². The van der Waals surface area contributed by atoms with Gasteiger partial charge in [-0.25, -0.2) is 0 Å². The zero-order valence-corrected chi connectivity index (χ0v) is 12.7. The molecule has 20 heavy (non-hydrogen) atoms. The Labute approximate surface area is 121 Å². The van der Waals surface area contributed by atoms with Gasteiger partial charge in [0.1, 0.15) is 0 Å². The Balaban J connectivity index is 2.32. The fraction of sp³-hybridized carbons (Fsp3) is 0.533. The van der Waals surface area contributed by atoms with Crippen molar-refractivity contribution in [2.24, 2.45) is 5.73 Å². The first-order valence-electron chi connectivity index (χ1n) is 6.93. The minimum Gasteiger partial charge on any atom is -0.326 e. The van der Waals surface area contributed by atoms with Gasteiger partial charge in [-0.1, -0.05) is 12.1 Å². The summed E-state index contributed by atoms with van der Waals surface area (Å²) in [7, 11) is 6.13. The Bertz CT molecular complexity index is 420. The van der Waals surface area contributed by atoms with Crippen LogP contribution in [0.3, 0.4) is 0 Å². The second-order valence-electron chi connectivity index (χ2n) is 5.31. The Hall–Kier alpha value is -1.43. The lowest BCUT2D eigenvalue weighted by Crippen LogP contribution is -2.31. The van der Waals surface area contributed by atoms with Crippen LogP contribution in [0.25, 0.3) is 0 Å². The molecule has 1 aromatic carbocycles. The molecule has 1 amide bonds. The summed E-state index contributed by atoms with van der Waals surface area (Å²) in [6.45, 7) is 3.20. The molecule has 0 saturated heterocycles. The number of nitrogens with one attached hydrogen (secondary N) is 1. The van der Waals surface area contributed by atoms with Crippen LogP contribution in [0.1, 0.15) is 12.0 Å². The molecule has 5 nitrogen and oxygen atoms in total. The number of anilines is 1. The summed E-state index contributed by atoms with van der Waals surface area (Å²) >= 11 is 0. The fourth-order valence-electron chi connectivity index (χ4n) is 1.77.